The molecule has 2 heterocycles. The molecule has 1 saturated heterocycles. The van der Waals surface area contributed by atoms with Gasteiger partial charge in [-0.15, -0.1) is 0 Å². The summed E-state index contributed by atoms with van der Waals surface area (Å²) in [5.41, 5.74) is 6.51. The molecule has 2 aromatic carbocycles. The second-order valence-corrected chi connectivity index (χ2v) is 13.2. The van der Waals surface area contributed by atoms with Gasteiger partial charge in [0, 0.05) is 31.1 Å². The van der Waals surface area contributed by atoms with Crippen LogP contribution in [0.5, 0.6) is 0 Å². The van der Waals surface area contributed by atoms with Crippen LogP contribution in [-0.2, 0) is 20.7 Å². The highest BCUT2D eigenvalue weighted by Crippen LogP contribution is 2.36. The molecule has 6 nitrogen and oxygen atoms in total. The van der Waals surface area contributed by atoms with E-state index in [0.29, 0.717) is 17.5 Å². The molecule has 0 radical (unpaired) electrons. The summed E-state index contributed by atoms with van der Waals surface area (Å²) in [5, 5.41) is 0. The summed E-state index contributed by atoms with van der Waals surface area (Å²) in [6.07, 6.45) is 4.11. The van der Waals surface area contributed by atoms with E-state index in [9.17, 15) is 14.4 Å². The number of ketones is 1. The van der Waals surface area contributed by atoms with E-state index < -0.39 is 23.7 Å². The summed E-state index contributed by atoms with van der Waals surface area (Å²) in [7, 11) is 0. The van der Waals surface area contributed by atoms with Crippen molar-refractivity contribution in [3.8, 4) is 11.1 Å². The largest absolute Gasteiger partial charge is 0.466 e. The number of benzene rings is 2. The van der Waals surface area contributed by atoms with Gasteiger partial charge in [0.2, 0.25) is 0 Å². The molecule has 0 aliphatic carbocycles. The van der Waals surface area contributed by atoms with Gasteiger partial charge in [0.1, 0.15) is 5.82 Å². The minimum atomic E-state index is -0.749. The van der Waals surface area contributed by atoms with Gasteiger partial charge in [0.05, 0.1) is 19.1 Å². The first-order valence-electron chi connectivity index (χ1n) is 16.4. The van der Waals surface area contributed by atoms with Crippen LogP contribution in [0.3, 0.4) is 0 Å². The van der Waals surface area contributed by atoms with Gasteiger partial charge in [0.15, 0.2) is 5.78 Å². The molecule has 1 aliphatic rings. The molecule has 0 bridgehead atoms. The zero-order chi connectivity index (χ0) is 32.8. The van der Waals surface area contributed by atoms with Crippen molar-refractivity contribution in [1.29, 1.82) is 0 Å². The molecular formula is C38H49FN2O4. The van der Waals surface area contributed by atoms with Gasteiger partial charge >= 0.3 is 5.97 Å². The normalized spacial score (nSPS) is 14.7. The molecule has 2 atom stereocenters. The number of aryl methyl sites for hydroxylation is 4. The first-order chi connectivity index (χ1) is 21.4. The summed E-state index contributed by atoms with van der Waals surface area (Å²) in [6, 6.07) is 10.6. The smallest absolute Gasteiger partial charge is 0.306 e. The molecule has 242 valence electrons. The van der Waals surface area contributed by atoms with Crippen LogP contribution in [0.1, 0.15) is 91.8 Å². The fraction of sp³-hybridized carbons (Fsp3) is 0.500. The van der Waals surface area contributed by atoms with Crippen molar-refractivity contribution in [3.05, 3.63) is 92.1 Å². The number of hydrogen-bond acceptors (Lipinski definition) is 5. The zero-order valence-corrected chi connectivity index (χ0v) is 28.0. The van der Waals surface area contributed by atoms with Crippen molar-refractivity contribution in [2.45, 2.75) is 92.5 Å². The first kappa shape index (κ1) is 34.3. The van der Waals surface area contributed by atoms with E-state index in [1.807, 2.05) is 65.1 Å². The van der Waals surface area contributed by atoms with E-state index in [0.717, 1.165) is 59.4 Å². The molecule has 1 aromatic heterocycles. The van der Waals surface area contributed by atoms with Crippen molar-refractivity contribution in [3.63, 3.8) is 0 Å². The summed E-state index contributed by atoms with van der Waals surface area (Å²) in [5.74, 6) is -1.71. The lowest BCUT2D eigenvalue weighted by Crippen LogP contribution is -2.38. The Morgan fingerprint density at radius 2 is 1.64 bits per heavy atom. The van der Waals surface area contributed by atoms with Gasteiger partial charge in [-0.2, -0.15) is 0 Å². The number of pyridine rings is 1. The Balaban J connectivity index is 1.74. The van der Waals surface area contributed by atoms with Crippen molar-refractivity contribution >= 4 is 11.8 Å². The molecule has 4 rings (SSSR count). The maximum absolute atomic E-state index is 16.0. The topological polar surface area (TPSA) is 68.6 Å². The van der Waals surface area contributed by atoms with Crippen LogP contribution < -0.4 is 5.56 Å². The second-order valence-electron chi connectivity index (χ2n) is 13.2. The standard InChI is InChI=1S/C38H49FN2O4/c1-8-45-36(44)22-30(32-20-31(18-28(7)38(32)39)37-25(4)11-9-12-26(37)5)21-34(42)33(17-24(2)3)41-23-29(27(6)19-35(41)43)13-16-40-14-10-15-40/h9,11-12,18-20,23-24,30,33H,8,10,13-17,21-22H2,1-7H3/t30-,33?/m0/s1. The van der Waals surface area contributed by atoms with E-state index in [2.05, 4.69) is 4.90 Å². The van der Waals surface area contributed by atoms with Gasteiger partial charge in [-0.05, 0) is 130 Å². The average Bonchev–Trinajstić information content (AvgIpc) is 2.93. The maximum Gasteiger partial charge on any atom is 0.306 e. The number of Topliss-reactive ketones (excluding diaryl/α,β-unsaturated/α-hetero) is 1. The SMILES string of the molecule is CCOC(=O)C[C@H](CC(=O)C(CC(C)C)n1cc(CCN2CCC2)c(C)cc1=O)c1cc(-c2c(C)cccc2C)cc(C)c1F. The molecule has 0 N–H and O–H groups in total. The molecule has 0 saturated carbocycles. The van der Waals surface area contributed by atoms with Crippen LogP contribution >= 0.6 is 0 Å². The Hall–Kier alpha value is -3.58. The molecular weight excluding hydrogens is 567 g/mol. The Labute approximate surface area is 267 Å². The maximum atomic E-state index is 16.0. The van der Waals surface area contributed by atoms with E-state index >= 15 is 4.39 Å². The van der Waals surface area contributed by atoms with E-state index in [1.54, 1.807) is 30.5 Å². The first-order valence-corrected chi connectivity index (χ1v) is 16.4. The summed E-state index contributed by atoms with van der Waals surface area (Å²) >= 11 is 0. The molecule has 1 fully saturated rings. The summed E-state index contributed by atoms with van der Waals surface area (Å²) in [6.45, 7) is 16.8. The van der Waals surface area contributed by atoms with Gasteiger partial charge in [-0.3, -0.25) is 14.4 Å². The third-order valence-corrected chi connectivity index (χ3v) is 9.10. The third kappa shape index (κ3) is 8.37. The van der Waals surface area contributed by atoms with Crippen LogP contribution in [-0.4, -0.2) is 47.5 Å². The fourth-order valence-corrected chi connectivity index (χ4v) is 6.52. The summed E-state index contributed by atoms with van der Waals surface area (Å²) < 4.78 is 22.9. The predicted molar refractivity (Wildman–Crippen MR) is 178 cm³/mol. The molecule has 3 aromatic rings. The van der Waals surface area contributed by atoms with Crippen molar-refractivity contribution < 1.29 is 18.7 Å². The quantitative estimate of drug-likeness (QED) is 0.176. The van der Waals surface area contributed by atoms with Crippen molar-refractivity contribution in [1.82, 2.24) is 9.47 Å². The number of hydrogen-bond donors (Lipinski definition) is 0. The lowest BCUT2D eigenvalue weighted by atomic mass is 9.84. The van der Waals surface area contributed by atoms with Crippen LogP contribution in [0.15, 0.2) is 47.4 Å². The lowest BCUT2D eigenvalue weighted by molar-refractivity contribution is -0.143. The van der Waals surface area contributed by atoms with Gasteiger partial charge in [-0.25, -0.2) is 4.39 Å². The van der Waals surface area contributed by atoms with E-state index in [-0.39, 0.29) is 36.7 Å². The van der Waals surface area contributed by atoms with Crippen LogP contribution in [0.2, 0.25) is 0 Å². The number of esters is 1. The lowest BCUT2D eigenvalue weighted by Gasteiger charge is -2.31. The number of aromatic nitrogens is 1. The molecule has 0 amide bonds. The van der Waals surface area contributed by atoms with Crippen LogP contribution in [0, 0.1) is 39.4 Å². The number of halogens is 1. The Morgan fingerprint density at radius 3 is 2.24 bits per heavy atom. The Morgan fingerprint density at radius 1 is 0.956 bits per heavy atom. The van der Waals surface area contributed by atoms with Crippen LogP contribution in [0.25, 0.3) is 11.1 Å². The predicted octanol–water partition coefficient (Wildman–Crippen LogP) is 7.42. The fourth-order valence-electron chi connectivity index (χ4n) is 6.52. The summed E-state index contributed by atoms with van der Waals surface area (Å²) in [4.78, 5) is 42.9. The van der Waals surface area contributed by atoms with E-state index in [1.165, 1.54) is 6.42 Å². The average molecular weight is 617 g/mol. The van der Waals surface area contributed by atoms with Gasteiger partial charge in [-0.1, -0.05) is 32.0 Å². The van der Waals surface area contributed by atoms with Crippen LogP contribution in [0.4, 0.5) is 4.39 Å². The molecule has 1 unspecified atom stereocenters. The number of nitrogens with zero attached hydrogens (tertiary/aromatic N) is 2. The monoisotopic (exact) mass is 616 g/mol. The Kier molecular flexibility index (Phi) is 11.5. The minimum absolute atomic E-state index is 0.0911. The zero-order valence-electron chi connectivity index (χ0n) is 28.0. The highest BCUT2D eigenvalue weighted by molar-refractivity contribution is 5.84. The van der Waals surface area contributed by atoms with Crippen molar-refractivity contribution in [2.75, 3.05) is 26.2 Å². The molecule has 0 spiro atoms. The van der Waals surface area contributed by atoms with Gasteiger partial charge in [0.25, 0.3) is 5.56 Å². The minimum Gasteiger partial charge on any atom is -0.466 e. The van der Waals surface area contributed by atoms with Gasteiger partial charge < -0.3 is 14.2 Å². The highest BCUT2D eigenvalue weighted by Gasteiger charge is 2.30. The van der Waals surface area contributed by atoms with Crippen molar-refractivity contribution in [2.24, 2.45) is 5.92 Å². The number of likely N-dealkylation sites (tertiary alicyclic amines) is 1. The number of carbonyl (C=O) groups excluding carboxylic acids is 2. The second kappa shape index (κ2) is 15.1. The molecule has 7 heteroatoms. The Bertz CT molecular complexity index is 1570. The third-order valence-electron chi connectivity index (χ3n) is 9.10. The highest BCUT2D eigenvalue weighted by atomic mass is 19.1. The molecule has 45 heavy (non-hydrogen) atoms. The number of ether oxygens (including phenoxy) is 1. The van der Waals surface area contributed by atoms with E-state index in [4.69, 9.17) is 4.74 Å². The molecule has 1 aliphatic heterocycles. The number of rotatable bonds is 14. The number of carbonyl (C=O) groups is 2.